The van der Waals surface area contributed by atoms with Crippen LogP contribution in [0.4, 0.5) is 5.13 Å². The van der Waals surface area contributed by atoms with Gasteiger partial charge in [0.25, 0.3) is 0 Å². The zero-order chi connectivity index (χ0) is 15.6. The molecular weight excluding hydrogens is 280 g/mol. The normalized spacial score (nSPS) is 20.2. The number of rotatable bonds is 5. The Kier molecular flexibility index (Phi) is 5.28. The number of likely N-dealkylation sites (tertiary alicyclic amines) is 1. The third-order valence-corrected chi connectivity index (χ3v) is 5.49. The van der Waals surface area contributed by atoms with Crippen molar-refractivity contribution in [3.8, 4) is 0 Å². The number of hydrogen-bond acceptors (Lipinski definition) is 5. The van der Waals surface area contributed by atoms with Crippen LogP contribution in [0.25, 0.3) is 0 Å². The molecule has 4 nitrogen and oxygen atoms in total. The molecule has 5 heteroatoms. The Labute approximate surface area is 133 Å². The lowest BCUT2D eigenvalue weighted by molar-refractivity contribution is 0.270. The Hall–Kier alpha value is -0.650. The van der Waals surface area contributed by atoms with E-state index in [0.717, 1.165) is 23.9 Å². The zero-order valence-electron chi connectivity index (χ0n) is 14.1. The van der Waals surface area contributed by atoms with Crippen LogP contribution in [-0.4, -0.2) is 42.6 Å². The molecule has 2 rings (SSSR count). The molecule has 0 aromatic carbocycles. The van der Waals surface area contributed by atoms with Gasteiger partial charge in [-0.25, -0.2) is 4.98 Å². The summed E-state index contributed by atoms with van der Waals surface area (Å²) in [7, 11) is 2.16. The highest BCUT2D eigenvalue weighted by molar-refractivity contribution is 7.15. The summed E-state index contributed by atoms with van der Waals surface area (Å²) in [5, 5.41) is 1.11. The molecule has 2 heterocycles. The van der Waals surface area contributed by atoms with Gasteiger partial charge in [-0.3, -0.25) is 4.90 Å². The molecule has 1 aromatic rings. The second-order valence-corrected chi connectivity index (χ2v) is 8.09. The van der Waals surface area contributed by atoms with Gasteiger partial charge in [0, 0.05) is 36.5 Å². The van der Waals surface area contributed by atoms with Crippen molar-refractivity contribution >= 4 is 16.5 Å². The minimum Gasteiger partial charge on any atom is -0.350 e. The van der Waals surface area contributed by atoms with Crippen LogP contribution in [0, 0.1) is 0 Å². The maximum absolute atomic E-state index is 5.91. The summed E-state index contributed by atoms with van der Waals surface area (Å²) in [4.78, 5) is 11.0. The van der Waals surface area contributed by atoms with Crippen LogP contribution in [0.15, 0.2) is 0 Å². The van der Waals surface area contributed by atoms with Gasteiger partial charge in [-0.2, -0.15) is 0 Å². The number of hydrogen-bond donors (Lipinski definition) is 1. The van der Waals surface area contributed by atoms with E-state index in [1.807, 2.05) is 0 Å². The SMILES string of the molecule is CCN1CCCC1CN(C)c1nc(C(C)(C)C)c(CN)s1. The summed E-state index contributed by atoms with van der Waals surface area (Å²) in [6, 6.07) is 0.670. The summed E-state index contributed by atoms with van der Waals surface area (Å²) in [6.45, 7) is 12.9. The van der Waals surface area contributed by atoms with E-state index in [1.54, 1.807) is 11.3 Å². The van der Waals surface area contributed by atoms with E-state index >= 15 is 0 Å². The minimum atomic E-state index is 0.0626. The Morgan fingerprint density at radius 1 is 1.43 bits per heavy atom. The fourth-order valence-electron chi connectivity index (χ4n) is 3.14. The summed E-state index contributed by atoms with van der Waals surface area (Å²) >= 11 is 1.76. The lowest BCUT2D eigenvalue weighted by atomic mass is 9.91. The summed E-state index contributed by atoms with van der Waals surface area (Å²) in [5.74, 6) is 0. The first-order valence-corrected chi connectivity index (χ1v) is 8.84. The smallest absolute Gasteiger partial charge is 0.185 e. The summed E-state index contributed by atoms with van der Waals surface area (Å²) in [5.41, 5.74) is 7.14. The number of nitrogens with two attached hydrogens (primary N) is 1. The van der Waals surface area contributed by atoms with Crippen LogP contribution in [0.3, 0.4) is 0 Å². The fraction of sp³-hybridized carbons (Fsp3) is 0.812. The number of aromatic nitrogens is 1. The molecule has 1 fully saturated rings. The molecule has 2 N–H and O–H groups in total. The van der Waals surface area contributed by atoms with E-state index in [1.165, 1.54) is 24.3 Å². The highest BCUT2D eigenvalue weighted by atomic mass is 32.1. The van der Waals surface area contributed by atoms with E-state index in [2.05, 4.69) is 44.5 Å². The van der Waals surface area contributed by atoms with Gasteiger partial charge in [0.1, 0.15) is 0 Å². The lowest BCUT2D eigenvalue weighted by Crippen LogP contribution is -2.38. The molecule has 0 amide bonds. The van der Waals surface area contributed by atoms with Gasteiger partial charge in [0.15, 0.2) is 5.13 Å². The molecule has 0 aliphatic carbocycles. The van der Waals surface area contributed by atoms with Gasteiger partial charge in [0.2, 0.25) is 0 Å². The van der Waals surface area contributed by atoms with E-state index in [4.69, 9.17) is 10.7 Å². The van der Waals surface area contributed by atoms with Crippen molar-refractivity contribution in [1.29, 1.82) is 0 Å². The Bertz CT molecular complexity index is 463. The number of likely N-dealkylation sites (N-methyl/N-ethyl adjacent to an activating group) is 2. The van der Waals surface area contributed by atoms with Gasteiger partial charge in [-0.05, 0) is 25.9 Å². The van der Waals surface area contributed by atoms with Crippen LogP contribution in [-0.2, 0) is 12.0 Å². The molecule has 120 valence electrons. The molecule has 1 saturated heterocycles. The molecule has 0 spiro atoms. The quantitative estimate of drug-likeness (QED) is 0.908. The molecule has 1 atom stereocenters. The molecule has 0 radical (unpaired) electrons. The monoisotopic (exact) mass is 310 g/mol. The Morgan fingerprint density at radius 2 is 2.14 bits per heavy atom. The highest BCUT2D eigenvalue weighted by Gasteiger charge is 2.27. The van der Waals surface area contributed by atoms with Crippen LogP contribution in [0.5, 0.6) is 0 Å². The first-order valence-electron chi connectivity index (χ1n) is 8.02. The van der Waals surface area contributed by atoms with Gasteiger partial charge in [-0.15, -0.1) is 11.3 Å². The first-order chi connectivity index (χ1) is 9.86. The lowest BCUT2D eigenvalue weighted by Gasteiger charge is -2.27. The molecule has 0 bridgehead atoms. The Balaban J connectivity index is 2.12. The van der Waals surface area contributed by atoms with Crippen molar-refractivity contribution < 1.29 is 0 Å². The van der Waals surface area contributed by atoms with Crippen molar-refractivity contribution in [2.24, 2.45) is 5.73 Å². The van der Waals surface area contributed by atoms with E-state index in [0.29, 0.717) is 12.6 Å². The predicted molar refractivity (Wildman–Crippen MR) is 92.2 cm³/mol. The number of nitrogens with zero attached hydrogens (tertiary/aromatic N) is 3. The van der Waals surface area contributed by atoms with Crippen LogP contribution < -0.4 is 10.6 Å². The number of anilines is 1. The Morgan fingerprint density at radius 3 is 2.67 bits per heavy atom. The van der Waals surface area contributed by atoms with E-state index in [-0.39, 0.29) is 5.41 Å². The molecule has 21 heavy (non-hydrogen) atoms. The predicted octanol–water partition coefficient (Wildman–Crippen LogP) is 2.82. The zero-order valence-corrected chi connectivity index (χ0v) is 15.0. The summed E-state index contributed by atoms with van der Waals surface area (Å²) < 4.78 is 0. The molecule has 0 saturated carbocycles. The van der Waals surface area contributed by atoms with Crippen molar-refractivity contribution in [2.45, 2.75) is 58.5 Å². The second kappa shape index (κ2) is 6.63. The van der Waals surface area contributed by atoms with Crippen molar-refractivity contribution in [1.82, 2.24) is 9.88 Å². The molecule has 1 aliphatic rings. The highest BCUT2D eigenvalue weighted by Crippen LogP contribution is 2.33. The van der Waals surface area contributed by atoms with Crippen LogP contribution in [0.1, 0.15) is 51.1 Å². The fourth-order valence-corrected chi connectivity index (χ4v) is 4.26. The third kappa shape index (κ3) is 3.76. The summed E-state index contributed by atoms with van der Waals surface area (Å²) in [6.07, 6.45) is 2.63. The molecule has 1 aromatic heterocycles. The average Bonchev–Trinajstić information content (AvgIpc) is 3.03. The molecule has 1 aliphatic heterocycles. The van der Waals surface area contributed by atoms with Gasteiger partial charge in [0.05, 0.1) is 5.69 Å². The third-order valence-electron chi connectivity index (χ3n) is 4.30. The second-order valence-electron chi connectivity index (χ2n) is 7.03. The largest absolute Gasteiger partial charge is 0.350 e. The first kappa shape index (κ1) is 16.7. The van der Waals surface area contributed by atoms with Gasteiger partial charge in [-0.1, -0.05) is 27.7 Å². The number of thiazole rings is 1. The average molecular weight is 311 g/mol. The van der Waals surface area contributed by atoms with Crippen LogP contribution >= 0.6 is 11.3 Å². The van der Waals surface area contributed by atoms with E-state index in [9.17, 15) is 0 Å². The van der Waals surface area contributed by atoms with Crippen LogP contribution in [0.2, 0.25) is 0 Å². The molecular formula is C16H30N4S. The van der Waals surface area contributed by atoms with Crippen molar-refractivity contribution in [3.05, 3.63) is 10.6 Å². The standard InChI is InChI=1S/C16H30N4S/c1-6-20-9-7-8-12(20)11-19(5)15-18-14(16(2,3)4)13(10-17)21-15/h12H,6-11,17H2,1-5H3. The maximum atomic E-state index is 5.91. The van der Waals surface area contributed by atoms with Gasteiger partial charge >= 0.3 is 0 Å². The van der Waals surface area contributed by atoms with E-state index < -0.39 is 0 Å². The van der Waals surface area contributed by atoms with Crippen molar-refractivity contribution in [3.63, 3.8) is 0 Å². The van der Waals surface area contributed by atoms with Gasteiger partial charge < -0.3 is 10.6 Å². The van der Waals surface area contributed by atoms with Crippen molar-refractivity contribution in [2.75, 3.05) is 31.6 Å². The maximum Gasteiger partial charge on any atom is 0.185 e. The topological polar surface area (TPSA) is 45.4 Å². The molecule has 1 unspecified atom stereocenters. The minimum absolute atomic E-state index is 0.0626.